The van der Waals surface area contributed by atoms with E-state index in [1.54, 1.807) is 0 Å². The molecule has 6 heteroatoms. The van der Waals surface area contributed by atoms with Crippen LogP contribution in [0.2, 0.25) is 0 Å². The summed E-state index contributed by atoms with van der Waals surface area (Å²) in [6, 6.07) is 3.23. The highest BCUT2D eigenvalue weighted by molar-refractivity contribution is 5.55. The number of anilines is 1. The highest BCUT2D eigenvalue weighted by Gasteiger charge is 2.53. The van der Waals surface area contributed by atoms with Gasteiger partial charge in [-0.05, 0) is 37.0 Å². The average molecular weight is 258 g/mol. The minimum atomic E-state index is -0.538. The van der Waals surface area contributed by atoms with Gasteiger partial charge in [0.2, 0.25) is 0 Å². The van der Waals surface area contributed by atoms with Gasteiger partial charge in [-0.1, -0.05) is 0 Å². The standard InChI is InChI=1S/C13H14N4O2/c14-6-9-5-11(17(18)19)7-15-12(9)16-8-13(3-4-13)10-1-2-10/h5,7,10H,1-4,8H2,(H,15,16). The zero-order valence-electron chi connectivity index (χ0n) is 10.4. The summed E-state index contributed by atoms with van der Waals surface area (Å²) in [5.74, 6) is 1.28. The van der Waals surface area contributed by atoms with Crippen LogP contribution in [0.15, 0.2) is 12.3 Å². The SMILES string of the molecule is N#Cc1cc([N+](=O)[O-])cnc1NCC1(C2CC2)CC1. The molecule has 1 aromatic rings. The summed E-state index contributed by atoms with van der Waals surface area (Å²) in [6.45, 7) is 0.817. The summed E-state index contributed by atoms with van der Waals surface area (Å²) in [5.41, 5.74) is 0.488. The topological polar surface area (TPSA) is 91.8 Å². The van der Waals surface area contributed by atoms with E-state index in [1.807, 2.05) is 6.07 Å². The molecule has 2 aliphatic carbocycles. The number of nitrogens with one attached hydrogen (secondary N) is 1. The number of hydrogen-bond acceptors (Lipinski definition) is 5. The van der Waals surface area contributed by atoms with Crippen molar-refractivity contribution >= 4 is 11.5 Å². The molecule has 0 aliphatic heterocycles. The lowest BCUT2D eigenvalue weighted by atomic mass is 10.0. The summed E-state index contributed by atoms with van der Waals surface area (Å²) in [6.07, 6.45) is 6.28. The Hall–Kier alpha value is -2.16. The van der Waals surface area contributed by atoms with Crippen LogP contribution in [-0.2, 0) is 0 Å². The third kappa shape index (κ3) is 2.24. The van der Waals surface area contributed by atoms with Crippen LogP contribution in [0.4, 0.5) is 11.5 Å². The Bertz CT molecular complexity index is 570. The van der Waals surface area contributed by atoms with Crippen molar-refractivity contribution in [3.05, 3.63) is 27.9 Å². The Morgan fingerprint density at radius 3 is 2.84 bits per heavy atom. The van der Waals surface area contributed by atoms with Gasteiger partial charge in [0.25, 0.3) is 5.69 Å². The summed E-state index contributed by atoms with van der Waals surface area (Å²) >= 11 is 0. The molecular weight excluding hydrogens is 244 g/mol. The maximum atomic E-state index is 10.6. The molecule has 0 aromatic carbocycles. The van der Waals surface area contributed by atoms with Gasteiger partial charge in [-0.15, -0.1) is 0 Å². The molecule has 19 heavy (non-hydrogen) atoms. The highest BCUT2D eigenvalue weighted by atomic mass is 16.6. The van der Waals surface area contributed by atoms with E-state index in [2.05, 4.69) is 10.3 Å². The predicted molar refractivity (Wildman–Crippen MR) is 68.5 cm³/mol. The van der Waals surface area contributed by atoms with E-state index in [4.69, 9.17) is 5.26 Å². The molecule has 6 nitrogen and oxygen atoms in total. The first-order valence-corrected chi connectivity index (χ1v) is 6.43. The van der Waals surface area contributed by atoms with Crippen molar-refractivity contribution in [3.63, 3.8) is 0 Å². The first-order chi connectivity index (χ1) is 9.14. The molecule has 2 aliphatic rings. The van der Waals surface area contributed by atoms with E-state index < -0.39 is 4.92 Å². The molecule has 2 saturated carbocycles. The molecular formula is C13H14N4O2. The maximum Gasteiger partial charge on any atom is 0.289 e. The number of rotatable bonds is 5. The van der Waals surface area contributed by atoms with Gasteiger partial charge in [0, 0.05) is 12.6 Å². The van der Waals surface area contributed by atoms with Gasteiger partial charge in [-0.3, -0.25) is 10.1 Å². The van der Waals surface area contributed by atoms with Gasteiger partial charge < -0.3 is 5.32 Å². The van der Waals surface area contributed by atoms with Crippen molar-refractivity contribution in [1.29, 1.82) is 5.26 Å². The number of nitrogens with zero attached hydrogens (tertiary/aromatic N) is 3. The number of pyridine rings is 1. The fourth-order valence-electron chi connectivity index (χ4n) is 2.63. The Morgan fingerprint density at radius 2 is 2.32 bits per heavy atom. The van der Waals surface area contributed by atoms with Crippen LogP contribution in [0.1, 0.15) is 31.2 Å². The van der Waals surface area contributed by atoms with Crippen LogP contribution in [0.3, 0.4) is 0 Å². The lowest BCUT2D eigenvalue weighted by molar-refractivity contribution is -0.385. The first-order valence-electron chi connectivity index (χ1n) is 6.43. The van der Waals surface area contributed by atoms with Crippen molar-refractivity contribution < 1.29 is 4.92 Å². The maximum absolute atomic E-state index is 10.6. The molecule has 1 heterocycles. The van der Waals surface area contributed by atoms with Gasteiger partial charge in [0.1, 0.15) is 23.6 Å². The van der Waals surface area contributed by atoms with Crippen molar-refractivity contribution in [2.75, 3.05) is 11.9 Å². The van der Waals surface area contributed by atoms with Crippen LogP contribution in [0.5, 0.6) is 0 Å². The smallest absolute Gasteiger partial charge is 0.289 e. The largest absolute Gasteiger partial charge is 0.368 e. The monoisotopic (exact) mass is 258 g/mol. The van der Waals surface area contributed by atoms with Crippen LogP contribution in [0, 0.1) is 32.8 Å². The fourth-order valence-corrected chi connectivity index (χ4v) is 2.63. The summed E-state index contributed by atoms with van der Waals surface area (Å²) in [4.78, 5) is 14.1. The van der Waals surface area contributed by atoms with Crippen LogP contribution in [-0.4, -0.2) is 16.5 Å². The lowest BCUT2D eigenvalue weighted by Crippen LogP contribution is -2.18. The quantitative estimate of drug-likeness (QED) is 0.647. The van der Waals surface area contributed by atoms with E-state index in [9.17, 15) is 10.1 Å². The second-order valence-electron chi connectivity index (χ2n) is 5.45. The highest BCUT2D eigenvalue weighted by Crippen LogP contribution is 2.61. The summed E-state index contributed by atoms with van der Waals surface area (Å²) < 4.78 is 0. The number of nitriles is 1. The second-order valence-corrected chi connectivity index (χ2v) is 5.45. The zero-order chi connectivity index (χ0) is 13.5. The van der Waals surface area contributed by atoms with Crippen molar-refractivity contribution in [2.24, 2.45) is 11.3 Å². The number of hydrogen-bond donors (Lipinski definition) is 1. The molecule has 0 spiro atoms. The molecule has 0 bridgehead atoms. The number of aromatic nitrogens is 1. The van der Waals surface area contributed by atoms with Crippen molar-refractivity contribution in [2.45, 2.75) is 25.7 Å². The van der Waals surface area contributed by atoms with E-state index in [0.717, 1.165) is 12.5 Å². The normalized spacial score (nSPS) is 19.5. The minimum absolute atomic E-state index is 0.148. The first kappa shape index (κ1) is 11.9. The molecule has 3 rings (SSSR count). The minimum Gasteiger partial charge on any atom is -0.368 e. The molecule has 0 unspecified atom stereocenters. The predicted octanol–water partition coefficient (Wildman–Crippen LogP) is 2.46. The fraction of sp³-hybridized carbons (Fsp3) is 0.538. The van der Waals surface area contributed by atoms with Crippen LogP contribution < -0.4 is 5.32 Å². The van der Waals surface area contributed by atoms with Crippen molar-refractivity contribution in [3.8, 4) is 6.07 Å². The van der Waals surface area contributed by atoms with Gasteiger partial charge in [-0.2, -0.15) is 5.26 Å². The molecule has 0 amide bonds. The van der Waals surface area contributed by atoms with Gasteiger partial charge in [0.15, 0.2) is 0 Å². The Balaban J connectivity index is 1.74. The molecule has 98 valence electrons. The molecule has 1 N–H and O–H groups in total. The molecule has 1 aromatic heterocycles. The van der Waals surface area contributed by atoms with Crippen molar-refractivity contribution in [1.82, 2.24) is 4.98 Å². The van der Waals surface area contributed by atoms with E-state index in [1.165, 1.54) is 37.9 Å². The molecule has 0 saturated heterocycles. The van der Waals surface area contributed by atoms with E-state index in [-0.39, 0.29) is 11.3 Å². The average Bonchev–Trinajstić information content (AvgIpc) is 3.28. The third-order valence-electron chi connectivity index (χ3n) is 4.15. The second kappa shape index (κ2) is 4.19. The zero-order valence-corrected chi connectivity index (χ0v) is 10.4. The third-order valence-corrected chi connectivity index (χ3v) is 4.15. The summed E-state index contributed by atoms with van der Waals surface area (Å²) in [7, 11) is 0. The van der Waals surface area contributed by atoms with Gasteiger partial charge in [-0.25, -0.2) is 4.98 Å². The molecule has 2 fully saturated rings. The van der Waals surface area contributed by atoms with E-state index >= 15 is 0 Å². The van der Waals surface area contributed by atoms with Crippen LogP contribution in [0.25, 0.3) is 0 Å². The van der Waals surface area contributed by atoms with Gasteiger partial charge >= 0.3 is 0 Å². The molecule has 0 radical (unpaired) electrons. The van der Waals surface area contributed by atoms with Gasteiger partial charge in [0.05, 0.1) is 4.92 Å². The Morgan fingerprint density at radius 1 is 1.58 bits per heavy atom. The van der Waals surface area contributed by atoms with E-state index in [0.29, 0.717) is 11.2 Å². The number of nitro groups is 1. The Labute approximate surface area is 110 Å². The summed E-state index contributed by atoms with van der Waals surface area (Å²) in [5, 5.41) is 22.9. The Kier molecular flexibility index (Phi) is 2.63. The lowest BCUT2D eigenvalue weighted by Gasteiger charge is -2.15. The van der Waals surface area contributed by atoms with Crippen LogP contribution >= 0.6 is 0 Å². The molecule has 0 atom stereocenters.